The predicted octanol–water partition coefficient (Wildman–Crippen LogP) is 3.65. The number of hydrogen-bond donors (Lipinski definition) is 1. The molecule has 168 valence electrons. The fourth-order valence-electron chi connectivity index (χ4n) is 3.28. The molecule has 0 atom stereocenters. The van der Waals surface area contributed by atoms with E-state index in [0.29, 0.717) is 21.9 Å². The van der Waals surface area contributed by atoms with Crippen LogP contribution in [-0.2, 0) is 17.1 Å². The number of aryl methyl sites for hydroxylation is 1. The Hall–Kier alpha value is -3.70. The van der Waals surface area contributed by atoms with Crippen molar-refractivity contribution >= 4 is 43.2 Å². The van der Waals surface area contributed by atoms with Crippen molar-refractivity contribution in [3.05, 3.63) is 76.8 Å². The van der Waals surface area contributed by atoms with E-state index in [0.717, 1.165) is 22.3 Å². The lowest BCUT2D eigenvalue weighted by molar-refractivity contribution is 0.0998. The normalized spacial score (nSPS) is 13.5. The smallest absolute Gasteiger partial charge is 0.279 e. The van der Waals surface area contributed by atoms with Crippen molar-refractivity contribution in [3.63, 3.8) is 0 Å². The number of ether oxygens (including phenoxy) is 2. The Morgan fingerprint density at radius 3 is 2.42 bits per heavy atom. The molecule has 0 fully saturated rings. The van der Waals surface area contributed by atoms with Crippen molar-refractivity contribution < 1.29 is 27.1 Å². The number of aromatic nitrogens is 1. The first kappa shape index (κ1) is 21.2. The molecule has 0 saturated carbocycles. The summed E-state index contributed by atoms with van der Waals surface area (Å²) >= 11 is 1.34. The van der Waals surface area contributed by atoms with Crippen molar-refractivity contribution in [1.82, 2.24) is 4.57 Å². The number of carbonyl (C=O) groups is 1. The Bertz CT molecular complexity index is 1560. The number of nitrogens with zero attached hydrogens (tertiary/aromatic N) is 2. The summed E-state index contributed by atoms with van der Waals surface area (Å²) in [5.41, 5.74) is 1.42. The molecule has 0 radical (unpaired) electrons. The number of halogens is 1. The average molecular weight is 486 g/mol. The fraction of sp³-hybridized carbons (Fsp3) is 0.0909. The van der Waals surface area contributed by atoms with Crippen LogP contribution >= 0.6 is 11.3 Å². The van der Waals surface area contributed by atoms with Gasteiger partial charge in [-0.15, -0.1) is 0 Å². The summed E-state index contributed by atoms with van der Waals surface area (Å²) in [5.74, 6) is 0.303. The number of anilines is 1. The number of carbonyl (C=O) groups excluding carboxylic acids is 1. The molecule has 1 aliphatic rings. The Labute approximate surface area is 191 Å². The molecule has 2 heterocycles. The van der Waals surface area contributed by atoms with Gasteiger partial charge in [0.1, 0.15) is 5.82 Å². The molecule has 1 aromatic heterocycles. The first-order valence-corrected chi connectivity index (χ1v) is 12.0. The molecule has 33 heavy (non-hydrogen) atoms. The molecule has 0 spiro atoms. The number of nitrogens with one attached hydrogen (secondary N) is 1. The molecule has 8 nitrogen and oxygen atoms in total. The second-order valence-corrected chi connectivity index (χ2v) is 9.86. The van der Waals surface area contributed by atoms with Crippen LogP contribution in [0.15, 0.2) is 70.6 Å². The van der Waals surface area contributed by atoms with Gasteiger partial charge in [-0.05, 0) is 48.5 Å². The molecular formula is C22H16FN3O5S2. The minimum Gasteiger partial charge on any atom is -0.454 e. The highest BCUT2D eigenvalue weighted by Crippen LogP contribution is 2.36. The van der Waals surface area contributed by atoms with Crippen molar-refractivity contribution in [3.8, 4) is 11.5 Å². The van der Waals surface area contributed by atoms with E-state index in [9.17, 15) is 17.6 Å². The summed E-state index contributed by atoms with van der Waals surface area (Å²) in [6.07, 6.45) is 0. The van der Waals surface area contributed by atoms with E-state index in [1.165, 1.54) is 47.7 Å². The van der Waals surface area contributed by atoms with Gasteiger partial charge in [-0.2, -0.15) is 4.99 Å². The summed E-state index contributed by atoms with van der Waals surface area (Å²) in [6, 6.07) is 14.1. The molecule has 0 unspecified atom stereocenters. The summed E-state index contributed by atoms with van der Waals surface area (Å²) in [6.45, 7) is 0.183. The zero-order chi connectivity index (χ0) is 23.2. The fourth-order valence-corrected chi connectivity index (χ4v) is 5.37. The van der Waals surface area contributed by atoms with Gasteiger partial charge >= 0.3 is 0 Å². The van der Waals surface area contributed by atoms with Gasteiger partial charge in [0.15, 0.2) is 16.3 Å². The zero-order valence-electron chi connectivity index (χ0n) is 17.1. The number of amides is 1. The van der Waals surface area contributed by atoms with Crippen molar-refractivity contribution in [1.29, 1.82) is 0 Å². The highest BCUT2D eigenvalue weighted by Gasteiger charge is 2.17. The quantitative estimate of drug-likeness (QED) is 0.476. The molecule has 11 heteroatoms. The molecule has 0 saturated heterocycles. The summed E-state index contributed by atoms with van der Waals surface area (Å²) in [4.78, 5) is 17.3. The maximum Gasteiger partial charge on any atom is 0.279 e. The first-order valence-electron chi connectivity index (χ1n) is 9.67. The molecule has 1 N–H and O–H groups in total. The summed E-state index contributed by atoms with van der Waals surface area (Å²) in [7, 11) is -2.08. The van der Waals surface area contributed by atoms with Crippen molar-refractivity contribution in [2.45, 2.75) is 4.90 Å². The van der Waals surface area contributed by atoms with Gasteiger partial charge < -0.3 is 14.0 Å². The lowest BCUT2D eigenvalue weighted by atomic mass is 10.2. The molecule has 3 aromatic carbocycles. The largest absolute Gasteiger partial charge is 0.454 e. The van der Waals surface area contributed by atoms with Crippen LogP contribution in [0.25, 0.3) is 10.2 Å². The van der Waals surface area contributed by atoms with Crippen LogP contribution in [0, 0.1) is 5.82 Å². The molecule has 1 amide bonds. The van der Waals surface area contributed by atoms with Crippen molar-refractivity contribution in [2.24, 2.45) is 12.0 Å². The molecule has 1 aliphatic heterocycles. The maximum absolute atomic E-state index is 13.0. The molecular weight excluding hydrogens is 469 g/mol. The average Bonchev–Trinajstić information content (AvgIpc) is 3.36. The first-order chi connectivity index (χ1) is 15.8. The monoisotopic (exact) mass is 485 g/mol. The molecule has 0 bridgehead atoms. The van der Waals surface area contributed by atoms with Gasteiger partial charge in [-0.25, -0.2) is 12.8 Å². The highest BCUT2D eigenvalue weighted by atomic mass is 32.2. The zero-order valence-corrected chi connectivity index (χ0v) is 18.7. The standard InChI is InChI=1S/C22H16FN3O5S2/c1-26-17-10-18-19(31-12-30-18)11-20(17)32-22(26)24-21(27)13-2-6-15(7-3-13)25-33(28,29)16-8-4-14(23)5-9-16/h2-11,25H,12H2,1H3. The van der Waals surface area contributed by atoms with Crippen LogP contribution in [0.3, 0.4) is 0 Å². The highest BCUT2D eigenvalue weighted by molar-refractivity contribution is 7.92. The van der Waals surface area contributed by atoms with Crippen LogP contribution < -0.4 is 19.0 Å². The second-order valence-electron chi connectivity index (χ2n) is 7.17. The van der Waals surface area contributed by atoms with E-state index in [2.05, 4.69) is 9.71 Å². The third-order valence-electron chi connectivity index (χ3n) is 5.01. The third-order valence-corrected chi connectivity index (χ3v) is 7.50. The van der Waals surface area contributed by atoms with E-state index >= 15 is 0 Å². The minimum atomic E-state index is -3.88. The topological polar surface area (TPSA) is 99.0 Å². The van der Waals surface area contributed by atoms with Gasteiger partial charge in [-0.3, -0.25) is 9.52 Å². The Kier molecular flexibility index (Phi) is 5.14. The van der Waals surface area contributed by atoms with E-state index in [1.54, 1.807) is 11.6 Å². The third kappa shape index (κ3) is 4.08. The van der Waals surface area contributed by atoms with Crippen LogP contribution in [0.4, 0.5) is 10.1 Å². The SMILES string of the molecule is Cn1c(=NC(=O)c2ccc(NS(=O)(=O)c3ccc(F)cc3)cc2)sc2cc3c(cc21)OCO3. The van der Waals surface area contributed by atoms with Gasteiger partial charge in [-0.1, -0.05) is 11.3 Å². The lowest BCUT2D eigenvalue weighted by Gasteiger charge is -2.08. The number of fused-ring (bicyclic) bond motifs is 2. The second kappa shape index (κ2) is 8.01. The van der Waals surface area contributed by atoms with Crippen LogP contribution in [-0.4, -0.2) is 25.7 Å². The van der Waals surface area contributed by atoms with Gasteiger partial charge in [0, 0.05) is 30.4 Å². The van der Waals surface area contributed by atoms with Gasteiger partial charge in [0.05, 0.1) is 15.1 Å². The van der Waals surface area contributed by atoms with Gasteiger partial charge in [0.25, 0.3) is 15.9 Å². The minimum absolute atomic E-state index is 0.0712. The van der Waals surface area contributed by atoms with Crippen LogP contribution in [0.5, 0.6) is 11.5 Å². The van der Waals surface area contributed by atoms with Crippen molar-refractivity contribution in [2.75, 3.05) is 11.5 Å². The van der Waals surface area contributed by atoms with Crippen LogP contribution in [0.1, 0.15) is 10.4 Å². The number of rotatable bonds is 4. The Balaban J connectivity index is 1.38. The number of benzene rings is 3. The van der Waals surface area contributed by atoms with Gasteiger partial charge in [0.2, 0.25) is 6.79 Å². The Morgan fingerprint density at radius 2 is 1.73 bits per heavy atom. The maximum atomic E-state index is 13.0. The Morgan fingerprint density at radius 1 is 1.06 bits per heavy atom. The molecule has 4 aromatic rings. The number of sulfonamides is 1. The molecule has 5 rings (SSSR count). The summed E-state index contributed by atoms with van der Waals surface area (Å²) in [5, 5.41) is 0. The molecule has 0 aliphatic carbocycles. The predicted molar refractivity (Wildman–Crippen MR) is 120 cm³/mol. The van der Waals surface area contributed by atoms with Crippen LogP contribution in [0.2, 0.25) is 0 Å². The van der Waals surface area contributed by atoms with E-state index < -0.39 is 21.7 Å². The number of hydrogen-bond acceptors (Lipinski definition) is 6. The van der Waals surface area contributed by atoms with E-state index in [-0.39, 0.29) is 17.4 Å². The van der Waals surface area contributed by atoms with E-state index in [1.807, 2.05) is 12.1 Å². The van der Waals surface area contributed by atoms with E-state index in [4.69, 9.17) is 9.47 Å². The lowest BCUT2D eigenvalue weighted by Crippen LogP contribution is -2.14. The number of thiazole rings is 1. The summed E-state index contributed by atoms with van der Waals surface area (Å²) < 4.78 is 53.8.